The predicted molar refractivity (Wildman–Crippen MR) is 52.7 cm³/mol. The molecule has 3 N–H and O–H groups in total. The predicted octanol–water partition coefficient (Wildman–Crippen LogP) is -0.0710. The Kier molecular flexibility index (Phi) is 3.42. The van der Waals surface area contributed by atoms with Gasteiger partial charge in [-0.3, -0.25) is 9.79 Å². The molecule has 2 atom stereocenters. The van der Waals surface area contributed by atoms with Crippen LogP contribution in [0.5, 0.6) is 0 Å². The van der Waals surface area contributed by atoms with Gasteiger partial charge in [0.25, 0.3) is 0 Å². The highest BCUT2D eigenvalue weighted by molar-refractivity contribution is 5.85. The lowest BCUT2D eigenvalue weighted by Crippen LogP contribution is -2.40. The molecule has 0 aromatic rings. The molecule has 0 aromatic heterocycles. The Balaban J connectivity index is 2.32. The van der Waals surface area contributed by atoms with E-state index in [4.69, 9.17) is 5.73 Å². The van der Waals surface area contributed by atoms with E-state index < -0.39 is 0 Å². The summed E-state index contributed by atoms with van der Waals surface area (Å²) < 4.78 is 0. The van der Waals surface area contributed by atoms with E-state index in [1.54, 1.807) is 6.34 Å². The van der Waals surface area contributed by atoms with Crippen molar-refractivity contribution in [2.45, 2.75) is 32.4 Å². The molecule has 1 aliphatic heterocycles. The normalized spacial score (nSPS) is 23.2. The number of Topliss-reactive ketones (excluding diaryl/α,β-unsaturated/α-hetero) is 1. The number of hydrogen-bond acceptors (Lipinski definition) is 4. The average molecular weight is 183 g/mol. The monoisotopic (exact) mass is 183 g/mol. The number of hydrogen-bond donors (Lipinski definition) is 2. The first kappa shape index (κ1) is 10.2. The van der Waals surface area contributed by atoms with Crippen molar-refractivity contribution in [1.82, 2.24) is 5.32 Å². The van der Waals surface area contributed by atoms with Gasteiger partial charge >= 0.3 is 0 Å². The van der Waals surface area contributed by atoms with Crippen LogP contribution in [0.4, 0.5) is 0 Å². The third-order valence-corrected chi connectivity index (χ3v) is 2.20. The van der Waals surface area contributed by atoms with Crippen molar-refractivity contribution in [3.05, 3.63) is 0 Å². The molecule has 4 nitrogen and oxygen atoms in total. The number of carbonyl (C=O) groups excluding carboxylic acids is 1. The van der Waals surface area contributed by atoms with E-state index in [1.807, 2.05) is 13.8 Å². The van der Waals surface area contributed by atoms with E-state index in [1.165, 1.54) is 0 Å². The quantitative estimate of drug-likeness (QED) is 0.641. The molecule has 0 bridgehead atoms. The van der Waals surface area contributed by atoms with Crippen molar-refractivity contribution >= 4 is 12.1 Å². The smallest absolute Gasteiger partial charge is 0.152 e. The Labute approximate surface area is 78.6 Å². The van der Waals surface area contributed by atoms with E-state index in [0.717, 1.165) is 6.54 Å². The summed E-state index contributed by atoms with van der Waals surface area (Å²) in [5.74, 6) is 0.158. The molecule has 0 saturated heterocycles. The Morgan fingerprint density at radius 2 is 2.46 bits per heavy atom. The van der Waals surface area contributed by atoms with Crippen LogP contribution in [0.2, 0.25) is 0 Å². The Morgan fingerprint density at radius 3 is 2.92 bits per heavy atom. The summed E-state index contributed by atoms with van der Waals surface area (Å²) >= 11 is 0. The van der Waals surface area contributed by atoms with Crippen molar-refractivity contribution in [1.29, 1.82) is 0 Å². The SMILES string of the molecule is CC(C)C(=O)[C@H](N)CC1CN=CN1. The molecule has 0 spiro atoms. The Morgan fingerprint density at radius 1 is 1.77 bits per heavy atom. The Bertz CT molecular complexity index is 205. The zero-order valence-electron chi connectivity index (χ0n) is 8.16. The van der Waals surface area contributed by atoms with Gasteiger partial charge in [-0.2, -0.15) is 0 Å². The highest BCUT2D eigenvalue weighted by Gasteiger charge is 2.21. The molecule has 1 rings (SSSR count). The number of rotatable bonds is 4. The van der Waals surface area contributed by atoms with Crippen LogP contribution in [0.1, 0.15) is 20.3 Å². The van der Waals surface area contributed by atoms with Gasteiger partial charge in [0.15, 0.2) is 5.78 Å². The van der Waals surface area contributed by atoms with Crippen LogP contribution in [-0.2, 0) is 4.79 Å². The van der Waals surface area contributed by atoms with Crippen LogP contribution in [-0.4, -0.2) is 30.8 Å². The van der Waals surface area contributed by atoms with Gasteiger partial charge in [0.2, 0.25) is 0 Å². The minimum Gasteiger partial charge on any atom is -0.372 e. The van der Waals surface area contributed by atoms with Gasteiger partial charge in [-0.15, -0.1) is 0 Å². The van der Waals surface area contributed by atoms with Crippen LogP contribution in [0.15, 0.2) is 4.99 Å². The minimum atomic E-state index is -0.348. The van der Waals surface area contributed by atoms with Crippen LogP contribution >= 0.6 is 0 Å². The van der Waals surface area contributed by atoms with Crippen molar-refractivity contribution in [3.63, 3.8) is 0 Å². The number of nitrogens with one attached hydrogen (secondary N) is 1. The second kappa shape index (κ2) is 4.37. The van der Waals surface area contributed by atoms with Crippen molar-refractivity contribution in [3.8, 4) is 0 Å². The van der Waals surface area contributed by atoms with Gasteiger partial charge in [0.05, 0.1) is 18.9 Å². The van der Waals surface area contributed by atoms with Crippen LogP contribution in [0.25, 0.3) is 0 Å². The Hall–Kier alpha value is -0.900. The van der Waals surface area contributed by atoms with E-state index in [0.29, 0.717) is 6.42 Å². The maximum Gasteiger partial charge on any atom is 0.152 e. The second-order valence-corrected chi connectivity index (χ2v) is 3.76. The third-order valence-electron chi connectivity index (χ3n) is 2.20. The lowest BCUT2D eigenvalue weighted by Gasteiger charge is -2.16. The molecule has 13 heavy (non-hydrogen) atoms. The molecule has 4 heteroatoms. The second-order valence-electron chi connectivity index (χ2n) is 3.76. The van der Waals surface area contributed by atoms with Gasteiger partial charge in [-0.05, 0) is 6.42 Å². The van der Waals surface area contributed by atoms with E-state index in [-0.39, 0.29) is 23.8 Å². The number of carbonyl (C=O) groups is 1. The molecular weight excluding hydrogens is 166 g/mol. The highest BCUT2D eigenvalue weighted by atomic mass is 16.1. The fraction of sp³-hybridized carbons (Fsp3) is 0.778. The molecule has 0 saturated carbocycles. The summed E-state index contributed by atoms with van der Waals surface area (Å²) in [6, 6.07) is -0.100. The molecule has 1 heterocycles. The first-order valence-electron chi connectivity index (χ1n) is 4.65. The number of nitrogens with two attached hydrogens (primary N) is 1. The van der Waals surface area contributed by atoms with Crippen LogP contribution < -0.4 is 11.1 Å². The zero-order valence-corrected chi connectivity index (χ0v) is 8.16. The summed E-state index contributed by atoms with van der Waals surface area (Å²) in [5, 5.41) is 3.06. The molecule has 1 unspecified atom stereocenters. The molecular formula is C9H17N3O. The van der Waals surface area contributed by atoms with Crippen molar-refractivity contribution in [2.75, 3.05) is 6.54 Å². The highest BCUT2D eigenvalue weighted by Crippen LogP contribution is 2.05. The molecule has 1 aliphatic rings. The van der Waals surface area contributed by atoms with Gasteiger partial charge < -0.3 is 11.1 Å². The maximum absolute atomic E-state index is 11.4. The largest absolute Gasteiger partial charge is 0.372 e. The fourth-order valence-corrected chi connectivity index (χ4v) is 1.38. The van der Waals surface area contributed by atoms with Crippen molar-refractivity contribution in [2.24, 2.45) is 16.6 Å². The standard InChI is InChI=1S/C9H17N3O/c1-6(2)9(13)8(10)3-7-4-11-5-12-7/h5-8H,3-4,10H2,1-2H3,(H,11,12)/t7?,8-/m1/s1. The maximum atomic E-state index is 11.4. The number of nitrogens with zero attached hydrogens (tertiary/aromatic N) is 1. The van der Waals surface area contributed by atoms with E-state index >= 15 is 0 Å². The topological polar surface area (TPSA) is 67.5 Å². The minimum absolute atomic E-state index is 0.0253. The lowest BCUT2D eigenvalue weighted by molar-refractivity contribution is -0.123. The zero-order chi connectivity index (χ0) is 9.84. The van der Waals surface area contributed by atoms with E-state index in [9.17, 15) is 4.79 Å². The van der Waals surface area contributed by atoms with Crippen molar-refractivity contribution < 1.29 is 4.79 Å². The summed E-state index contributed by atoms with van der Waals surface area (Å²) in [7, 11) is 0. The molecule has 0 fully saturated rings. The molecule has 0 aromatic carbocycles. The van der Waals surface area contributed by atoms with Gasteiger partial charge in [0, 0.05) is 12.0 Å². The number of aliphatic imine (C=N–C) groups is 1. The summed E-state index contributed by atoms with van der Waals surface area (Å²) in [5.41, 5.74) is 5.75. The first-order chi connectivity index (χ1) is 6.11. The molecule has 0 radical (unpaired) electrons. The molecule has 0 amide bonds. The summed E-state index contributed by atoms with van der Waals surface area (Å²) in [4.78, 5) is 15.5. The summed E-state index contributed by atoms with van der Waals surface area (Å²) in [6.07, 6.45) is 2.36. The van der Waals surface area contributed by atoms with Gasteiger partial charge in [-0.1, -0.05) is 13.8 Å². The fourth-order valence-electron chi connectivity index (χ4n) is 1.38. The summed E-state index contributed by atoms with van der Waals surface area (Å²) in [6.45, 7) is 4.49. The molecule has 74 valence electrons. The molecule has 0 aliphatic carbocycles. The van der Waals surface area contributed by atoms with E-state index in [2.05, 4.69) is 10.3 Å². The third kappa shape index (κ3) is 2.81. The first-order valence-corrected chi connectivity index (χ1v) is 4.65. The van der Waals surface area contributed by atoms with Gasteiger partial charge in [-0.25, -0.2) is 0 Å². The van der Waals surface area contributed by atoms with Crippen LogP contribution in [0.3, 0.4) is 0 Å². The van der Waals surface area contributed by atoms with Crippen LogP contribution in [0, 0.1) is 5.92 Å². The van der Waals surface area contributed by atoms with Gasteiger partial charge in [0.1, 0.15) is 0 Å². The average Bonchev–Trinajstić information content (AvgIpc) is 2.55. The number of ketones is 1. The lowest BCUT2D eigenvalue weighted by atomic mass is 9.97.